The van der Waals surface area contributed by atoms with Crippen molar-refractivity contribution in [3.05, 3.63) is 6.42 Å². The fraction of sp³-hybridized carbons (Fsp3) is 0.909. The van der Waals surface area contributed by atoms with Gasteiger partial charge in [-0.1, -0.05) is 25.2 Å². The van der Waals surface area contributed by atoms with Crippen molar-refractivity contribution in [2.45, 2.75) is 32.2 Å². The standard InChI is InChI=1S/C11H18N.U/c1-6-10(12)5-9-7-2-3-8(4-7)11(6)9;/h3,6-11H,2,4-5,12H2,1H3;/q-1;/t6?,7?,8?,9?,10?,11-;/m1./s1. The SMILES string of the molecule is CC1C(N)CC2C3C[CH-]C(C3)[C@@H]12.[U]. The van der Waals surface area contributed by atoms with Gasteiger partial charge < -0.3 is 12.2 Å². The van der Waals surface area contributed by atoms with Gasteiger partial charge in [-0.05, 0) is 18.3 Å². The molecule has 72 valence electrons. The third-order valence-corrected chi connectivity index (χ3v) is 4.74. The van der Waals surface area contributed by atoms with Crippen LogP contribution in [0.4, 0.5) is 0 Å². The summed E-state index contributed by atoms with van der Waals surface area (Å²) in [6.07, 6.45) is 6.78. The summed E-state index contributed by atoms with van der Waals surface area (Å²) in [5, 5.41) is 0. The molecule has 3 rings (SSSR count). The summed E-state index contributed by atoms with van der Waals surface area (Å²) < 4.78 is 0. The third-order valence-electron chi connectivity index (χ3n) is 4.74. The molecule has 6 atom stereocenters. The van der Waals surface area contributed by atoms with E-state index in [0.29, 0.717) is 6.04 Å². The van der Waals surface area contributed by atoms with Crippen molar-refractivity contribution < 1.29 is 31.1 Å². The molecule has 0 aromatic rings. The Balaban J connectivity index is 0.000000653. The Bertz CT molecular complexity index is 204. The molecule has 1 nitrogen and oxygen atoms in total. The molecule has 5 unspecified atom stereocenters. The van der Waals surface area contributed by atoms with Gasteiger partial charge >= 0.3 is 0 Å². The van der Waals surface area contributed by atoms with Crippen molar-refractivity contribution in [2.75, 3.05) is 0 Å². The molecule has 2 N–H and O–H groups in total. The largest absolute Gasteiger partial charge is 0.327 e. The zero-order valence-corrected chi connectivity index (χ0v) is 12.4. The first-order chi connectivity index (χ1) is 5.77. The molecule has 0 aliphatic heterocycles. The van der Waals surface area contributed by atoms with E-state index in [9.17, 15) is 0 Å². The number of fused-ring (bicyclic) bond motifs is 5. The molecule has 0 heterocycles. The summed E-state index contributed by atoms with van der Waals surface area (Å²) in [6.45, 7) is 2.36. The molecule has 3 aliphatic carbocycles. The summed E-state index contributed by atoms with van der Waals surface area (Å²) in [4.78, 5) is 0. The topological polar surface area (TPSA) is 26.0 Å². The number of hydrogen-bond acceptors (Lipinski definition) is 1. The molecule has 0 radical (unpaired) electrons. The van der Waals surface area contributed by atoms with Crippen molar-refractivity contribution in [1.82, 2.24) is 0 Å². The minimum Gasteiger partial charge on any atom is -0.327 e. The molecule has 2 bridgehead atoms. The van der Waals surface area contributed by atoms with Crippen LogP contribution in [0, 0.1) is 67.1 Å². The Morgan fingerprint density at radius 1 is 1.31 bits per heavy atom. The Kier molecular flexibility index (Phi) is 2.87. The normalized spacial score (nSPS) is 57.7. The first-order valence-corrected chi connectivity index (χ1v) is 5.36. The average molecular weight is 402 g/mol. The second kappa shape index (κ2) is 3.55. The molecule has 3 fully saturated rings. The molecule has 0 saturated heterocycles. The van der Waals surface area contributed by atoms with E-state index in [0.717, 1.165) is 29.6 Å². The fourth-order valence-corrected chi connectivity index (χ4v) is 4.13. The summed E-state index contributed by atoms with van der Waals surface area (Å²) in [5.74, 6) is 4.74. The van der Waals surface area contributed by atoms with Crippen molar-refractivity contribution in [3.8, 4) is 0 Å². The third kappa shape index (κ3) is 1.36. The van der Waals surface area contributed by atoms with E-state index in [1.165, 1.54) is 19.3 Å². The predicted octanol–water partition coefficient (Wildman–Crippen LogP) is 1.83. The minimum atomic E-state index is 0. The summed E-state index contributed by atoms with van der Waals surface area (Å²) in [5.41, 5.74) is 6.11. The van der Waals surface area contributed by atoms with Crippen LogP contribution < -0.4 is 5.73 Å². The first kappa shape index (κ1) is 10.5. The van der Waals surface area contributed by atoms with Crippen LogP contribution in [0.1, 0.15) is 26.2 Å². The van der Waals surface area contributed by atoms with Crippen LogP contribution in [-0.4, -0.2) is 6.04 Å². The molecular formula is C11H18NU-. The van der Waals surface area contributed by atoms with Gasteiger partial charge in [0.15, 0.2) is 0 Å². The van der Waals surface area contributed by atoms with Gasteiger partial charge in [0, 0.05) is 37.2 Å². The van der Waals surface area contributed by atoms with Crippen LogP contribution >= 0.6 is 0 Å². The Morgan fingerprint density at radius 3 is 2.77 bits per heavy atom. The molecule has 2 heteroatoms. The van der Waals surface area contributed by atoms with Gasteiger partial charge in [0.25, 0.3) is 0 Å². The minimum absolute atomic E-state index is 0. The van der Waals surface area contributed by atoms with Crippen molar-refractivity contribution in [2.24, 2.45) is 35.3 Å². The monoisotopic (exact) mass is 402 g/mol. The van der Waals surface area contributed by atoms with Gasteiger partial charge in [0.1, 0.15) is 0 Å². The molecular weight excluding hydrogens is 384 g/mol. The molecule has 13 heavy (non-hydrogen) atoms. The van der Waals surface area contributed by atoms with Crippen molar-refractivity contribution in [3.63, 3.8) is 0 Å². The van der Waals surface area contributed by atoms with Gasteiger partial charge in [-0.15, -0.1) is 0 Å². The van der Waals surface area contributed by atoms with E-state index < -0.39 is 0 Å². The number of nitrogens with two attached hydrogens (primary N) is 1. The second-order valence-corrected chi connectivity index (χ2v) is 5.13. The van der Waals surface area contributed by atoms with Crippen LogP contribution in [-0.2, 0) is 0 Å². The van der Waals surface area contributed by atoms with Crippen LogP contribution in [0.2, 0.25) is 0 Å². The Hall–Kier alpha value is 1.01. The number of hydrogen-bond donors (Lipinski definition) is 1. The van der Waals surface area contributed by atoms with Gasteiger partial charge in [0.2, 0.25) is 0 Å². The van der Waals surface area contributed by atoms with E-state index >= 15 is 0 Å². The molecule has 0 aromatic heterocycles. The number of rotatable bonds is 0. The smallest absolute Gasteiger partial charge is 0.00692 e. The van der Waals surface area contributed by atoms with Crippen LogP contribution in [0.5, 0.6) is 0 Å². The Labute approximate surface area is 105 Å². The van der Waals surface area contributed by atoms with E-state index in [2.05, 4.69) is 13.3 Å². The van der Waals surface area contributed by atoms with Crippen LogP contribution in [0.15, 0.2) is 0 Å². The zero-order chi connectivity index (χ0) is 8.29. The maximum absolute atomic E-state index is 6.11. The second-order valence-electron chi connectivity index (χ2n) is 5.13. The van der Waals surface area contributed by atoms with Crippen LogP contribution in [0.25, 0.3) is 0 Å². The van der Waals surface area contributed by atoms with Gasteiger partial charge in [0.05, 0.1) is 0 Å². The van der Waals surface area contributed by atoms with Crippen molar-refractivity contribution >= 4 is 0 Å². The average Bonchev–Trinajstić information content (AvgIpc) is 2.66. The summed E-state index contributed by atoms with van der Waals surface area (Å²) in [7, 11) is 0. The molecule has 3 saturated carbocycles. The van der Waals surface area contributed by atoms with Gasteiger partial charge in [-0.25, -0.2) is 0 Å². The molecule has 0 amide bonds. The molecule has 3 aliphatic rings. The quantitative estimate of drug-likeness (QED) is 0.615. The van der Waals surface area contributed by atoms with Gasteiger partial charge in [-0.3, -0.25) is 0 Å². The maximum Gasteiger partial charge on any atom is 0.00692 e. The summed E-state index contributed by atoms with van der Waals surface area (Å²) in [6, 6.07) is 0.511. The maximum atomic E-state index is 6.11. The first-order valence-electron chi connectivity index (χ1n) is 5.36. The van der Waals surface area contributed by atoms with E-state index in [1.807, 2.05) is 0 Å². The summed E-state index contributed by atoms with van der Waals surface area (Å²) >= 11 is 0. The predicted molar refractivity (Wildman–Crippen MR) is 49.3 cm³/mol. The van der Waals surface area contributed by atoms with E-state index in [1.54, 1.807) is 0 Å². The van der Waals surface area contributed by atoms with Crippen LogP contribution in [0.3, 0.4) is 0 Å². The van der Waals surface area contributed by atoms with E-state index in [-0.39, 0.29) is 31.1 Å². The van der Waals surface area contributed by atoms with Gasteiger partial charge in [-0.2, -0.15) is 12.3 Å². The van der Waals surface area contributed by atoms with E-state index in [4.69, 9.17) is 5.73 Å². The Morgan fingerprint density at radius 2 is 2.08 bits per heavy atom. The molecule has 0 spiro atoms. The zero-order valence-electron chi connectivity index (χ0n) is 8.24. The van der Waals surface area contributed by atoms with Crippen molar-refractivity contribution in [1.29, 1.82) is 0 Å². The fourth-order valence-electron chi connectivity index (χ4n) is 4.13. The molecule has 0 aromatic carbocycles.